The van der Waals surface area contributed by atoms with Crippen molar-refractivity contribution in [3.63, 3.8) is 0 Å². The number of hydrogen-bond acceptors (Lipinski definition) is 2. The quantitative estimate of drug-likeness (QED) is 0.810. The van der Waals surface area contributed by atoms with Crippen molar-refractivity contribution in [3.8, 4) is 0 Å². The number of hydrogen-bond donors (Lipinski definition) is 1. The first-order valence-corrected chi connectivity index (χ1v) is 6.76. The minimum Gasteiger partial charge on any atom is -0.342 e. The van der Waals surface area contributed by atoms with Crippen molar-refractivity contribution >= 4 is 11.8 Å². The van der Waals surface area contributed by atoms with Crippen LogP contribution in [0.5, 0.6) is 0 Å². The van der Waals surface area contributed by atoms with Crippen LogP contribution in [0.15, 0.2) is 0 Å². The number of carbonyl (C=O) groups is 2. The minimum absolute atomic E-state index is 0.0392. The van der Waals surface area contributed by atoms with Crippen molar-refractivity contribution in [2.75, 3.05) is 6.54 Å². The SMILES string of the molecule is CC(C)(C)C1NC(=O)C(C)(C)N(CC2CC2)C1=O. The molecule has 1 aliphatic heterocycles. The summed E-state index contributed by atoms with van der Waals surface area (Å²) in [5.74, 6) is 0.626. The fraction of sp³-hybridized carbons (Fsp3) is 0.857. The Morgan fingerprint density at radius 1 is 1.28 bits per heavy atom. The number of rotatable bonds is 2. The zero-order valence-corrected chi connectivity index (χ0v) is 12.0. The van der Waals surface area contributed by atoms with Gasteiger partial charge < -0.3 is 10.2 Å². The van der Waals surface area contributed by atoms with E-state index in [0.29, 0.717) is 5.92 Å². The van der Waals surface area contributed by atoms with Gasteiger partial charge in [0.25, 0.3) is 0 Å². The lowest BCUT2D eigenvalue weighted by Crippen LogP contribution is -2.71. The molecular formula is C14H24N2O2. The van der Waals surface area contributed by atoms with Gasteiger partial charge in [-0.1, -0.05) is 20.8 Å². The van der Waals surface area contributed by atoms with Gasteiger partial charge in [0.15, 0.2) is 0 Å². The summed E-state index contributed by atoms with van der Waals surface area (Å²) in [7, 11) is 0. The van der Waals surface area contributed by atoms with Gasteiger partial charge in [-0.05, 0) is 38.0 Å². The van der Waals surface area contributed by atoms with Crippen LogP contribution in [0.25, 0.3) is 0 Å². The van der Waals surface area contributed by atoms with E-state index in [4.69, 9.17) is 0 Å². The molecule has 18 heavy (non-hydrogen) atoms. The van der Waals surface area contributed by atoms with Gasteiger partial charge in [0, 0.05) is 6.54 Å². The molecule has 1 saturated carbocycles. The molecule has 1 unspecified atom stereocenters. The topological polar surface area (TPSA) is 49.4 Å². The number of nitrogens with zero attached hydrogens (tertiary/aromatic N) is 1. The predicted octanol–water partition coefficient (Wildman–Crippen LogP) is 1.55. The van der Waals surface area contributed by atoms with E-state index in [1.165, 1.54) is 12.8 Å². The predicted molar refractivity (Wildman–Crippen MR) is 69.9 cm³/mol. The molecule has 102 valence electrons. The average molecular weight is 252 g/mol. The van der Waals surface area contributed by atoms with Crippen LogP contribution in [0.2, 0.25) is 0 Å². The Morgan fingerprint density at radius 3 is 2.28 bits per heavy atom. The first-order valence-electron chi connectivity index (χ1n) is 6.76. The second-order valence-corrected chi connectivity index (χ2v) is 7.22. The van der Waals surface area contributed by atoms with E-state index in [9.17, 15) is 9.59 Å². The van der Waals surface area contributed by atoms with Gasteiger partial charge >= 0.3 is 0 Å². The molecule has 1 aliphatic carbocycles. The number of nitrogens with one attached hydrogen (secondary N) is 1. The van der Waals surface area contributed by atoms with E-state index in [-0.39, 0.29) is 17.2 Å². The van der Waals surface area contributed by atoms with E-state index >= 15 is 0 Å². The van der Waals surface area contributed by atoms with Crippen LogP contribution < -0.4 is 5.32 Å². The summed E-state index contributed by atoms with van der Waals surface area (Å²) in [5, 5.41) is 2.89. The number of piperazine rings is 1. The van der Waals surface area contributed by atoms with E-state index in [2.05, 4.69) is 5.32 Å². The lowest BCUT2D eigenvalue weighted by Gasteiger charge is -2.47. The molecule has 1 N–H and O–H groups in total. The Bertz CT molecular complexity index is 378. The first-order chi connectivity index (χ1) is 8.14. The highest BCUT2D eigenvalue weighted by Crippen LogP contribution is 2.35. The van der Waals surface area contributed by atoms with E-state index < -0.39 is 11.6 Å². The Morgan fingerprint density at radius 2 is 1.83 bits per heavy atom. The molecule has 2 fully saturated rings. The van der Waals surface area contributed by atoms with Gasteiger partial charge in [-0.2, -0.15) is 0 Å². The largest absolute Gasteiger partial charge is 0.342 e. The fourth-order valence-electron chi connectivity index (χ4n) is 2.39. The second-order valence-electron chi connectivity index (χ2n) is 7.22. The first kappa shape index (κ1) is 13.4. The molecule has 1 heterocycles. The highest BCUT2D eigenvalue weighted by Gasteiger charge is 2.50. The Kier molecular flexibility index (Phi) is 2.95. The third-order valence-electron chi connectivity index (χ3n) is 4.02. The third kappa shape index (κ3) is 2.25. The highest BCUT2D eigenvalue weighted by atomic mass is 16.2. The highest BCUT2D eigenvalue weighted by molar-refractivity contribution is 5.99. The van der Waals surface area contributed by atoms with Crippen molar-refractivity contribution in [1.82, 2.24) is 10.2 Å². The van der Waals surface area contributed by atoms with Gasteiger partial charge in [0.1, 0.15) is 11.6 Å². The van der Waals surface area contributed by atoms with Gasteiger partial charge in [0.05, 0.1) is 0 Å². The van der Waals surface area contributed by atoms with Crippen molar-refractivity contribution in [2.45, 2.75) is 59.0 Å². The van der Waals surface area contributed by atoms with Gasteiger partial charge in [0.2, 0.25) is 11.8 Å². The molecule has 4 nitrogen and oxygen atoms in total. The van der Waals surface area contributed by atoms with Gasteiger partial charge in [-0.3, -0.25) is 9.59 Å². The number of amides is 2. The maximum Gasteiger partial charge on any atom is 0.246 e. The van der Waals surface area contributed by atoms with Crippen LogP contribution in [0.1, 0.15) is 47.5 Å². The van der Waals surface area contributed by atoms with Crippen molar-refractivity contribution < 1.29 is 9.59 Å². The van der Waals surface area contributed by atoms with Crippen molar-refractivity contribution in [3.05, 3.63) is 0 Å². The summed E-state index contributed by atoms with van der Waals surface area (Å²) in [6.07, 6.45) is 2.36. The molecule has 0 spiro atoms. The summed E-state index contributed by atoms with van der Waals surface area (Å²) in [4.78, 5) is 26.6. The monoisotopic (exact) mass is 252 g/mol. The molecule has 0 aromatic heterocycles. The zero-order chi connectivity index (χ0) is 13.7. The molecule has 4 heteroatoms. The standard InChI is InChI=1S/C14H24N2O2/c1-13(2,3)10-11(17)16(8-9-6-7-9)14(4,5)12(18)15-10/h9-10H,6-8H2,1-5H3,(H,15,18). The second kappa shape index (κ2) is 3.97. The molecule has 1 atom stereocenters. The van der Waals surface area contributed by atoms with Crippen LogP contribution in [0, 0.1) is 11.3 Å². The van der Waals surface area contributed by atoms with Crippen LogP contribution >= 0.6 is 0 Å². The van der Waals surface area contributed by atoms with E-state index in [0.717, 1.165) is 6.54 Å². The van der Waals surface area contributed by atoms with E-state index in [1.54, 1.807) is 4.90 Å². The molecule has 0 bridgehead atoms. The van der Waals surface area contributed by atoms with E-state index in [1.807, 2.05) is 34.6 Å². The summed E-state index contributed by atoms with van der Waals surface area (Å²) in [6, 6.07) is -0.406. The fourth-order valence-corrected chi connectivity index (χ4v) is 2.39. The van der Waals surface area contributed by atoms with Crippen molar-refractivity contribution in [1.29, 1.82) is 0 Å². The smallest absolute Gasteiger partial charge is 0.246 e. The lowest BCUT2D eigenvalue weighted by atomic mass is 9.82. The zero-order valence-electron chi connectivity index (χ0n) is 12.0. The molecule has 0 radical (unpaired) electrons. The molecule has 0 aromatic carbocycles. The Hall–Kier alpha value is -1.06. The van der Waals surface area contributed by atoms with Gasteiger partial charge in [-0.15, -0.1) is 0 Å². The molecule has 2 aliphatic rings. The van der Waals surface area contributed by atoms with Gasteiger partial charge in [-0.25, -0.2) is 0 Å². The van der Waals surface area contributed by atoms with Crippen LogP contribution in [0.4, 0.5) is 0 Å². The molecular weight excluding hydrogens is 228 g/mol. The summed E-state index contributed by atoms with van der Waals surface area (Å²) in [5.41, 5.74) is -0.966. The van der Waals surface area contributed by atoms with Crippen LogP contribution in [0.3, 0.4) is 0 Å². The molecule has 0 aromatic rings. The maximum absolute atomic E-state index is 12.6. The Labute approximate surface area is 109 Å². The Balaban J connectivity index is 2.26. The third-order valence-corrected chi connectivity index (χ3v) is 4.02. The number of carbonyl (C=O) groups excluding carboxylic acids is 2. The van der Waals surface area contributed by atoms with Crippen LogP contribution in [-0.2, 0) is 9.59 Å². The maximum atomic E-state index is 12.6. The summed E-state index contributed by atoms with van der Waals surface area (Å²) < 4.78 is 0. The minimum atomic E-state index is -0.721. The molecule has 2 amide bonds. The lowest BCUT2D eigenvalue weighted by molar-refractivity contribution is -0.158. The molecule has 2 rings (SSSR count). The average Bonchev–Trinajstić information content (AvgIpc) is 3.01. The normalized spacial score (nSPS) is 28.3. The van der Waals surface area contributed by atoms with Crippen molar-refractivity contribution in [2.24, 2.45) is 11.3 Å². The summed E-state index contributed by atoms with van der Waals surface area (Å²) in [6.45, 7) is 10.4. The summed E-state index contributed by atoms with van der Waals surface area (Å²) >= 11 is 0. The van der Waals surface area contributed by atoms with Crippen LogP contribution in [-0.4, -0.2) is 34.8 Å². The molecule has 1 saturated heterocycles.